The van der Waals surface area contributed by atoms with Gasteiger partial charge in [0.1, 0.15) is 30.9 Å². The van der Waals surface area contributed by atoms with E-state index in [0.29, 0.717) is 100 Å². The van der Waals surface area contributed by atoms with E-state index in [2.05, 4.69) is 46.0 Å². The molecule has 0 saturated carbocycles. The lowest BCUT2D eigenvalue weighted by molar-refractivity contribution is -0.143. The van der Waals surface area contributed by atoms with E-state index >= 15 is 0 Å². The number of alkyl halides is 6. The number of halogens is 7. The Balaban J connectivity index is 0.615. The van der Waals surface area contributed by atoms with Gasteiger partial charge in [-0.2, -0.15) is 26.3 Å². The van der Waals surface area contributed by atoms with E-state index in [1.807, 2.05) is 103 Å². The number of piperidine rings is 2. The number of benzene rings is 6. The van der Waals surface area contributed by atoms with Crippen LogP contribution in [0.15, 0.2) is 146 Å². The Labute approximate surface area is 587 Å². The standard InChI is InChI=1S/C78H93F7N8O8/c1-55(2)92(39-15-7-10-23-70(94)88(4)45-46-90-40-32-65(33-41-90)101-74(98)86-68-22-14-12-20-66(68)57-17-8-6-9-18-57)51-56-24-26-58(27-25-56)72(96)89(5)38-16-37-87(3)71(95)52-99-69-49-59-19-11-13-21-67(59)75(69)34-42-91(43-35-75)44-36-76(61-28-30-64(79)31-29-61)53-93(54-100-76)73(97)60-47-62(77(80,81)82)50-63(48-60)78(83,84)85/h6,8-9,11-14,17-22,24-31,47-48,50,55,65,69H,7,10,15-16,23,32-46,49,51-54H2,1-5H3,(H,86,98)/t69-,76-/m0/s1. The summed E-state index contributed by atoms with van der Waals surface area (Å²) in [6.07, 6.45) is -3.82. The van der Waals surface area contributed by atoms with Gasteiger partial charge in [-0.05, 0) is 168 Å². The third-order valence-corrected chi connectivity index (χ3v) is 20.6. The first-order valence-corrected chi connectivity index (χ1v) is 35.1. The smallest absolute Gasteiger partial charge is 0.416 e. The summed E-state index contributed by atoms with van der Waals surface area (Å²) in [4.78, 5) is 80.3. The summed E-state index contributed by atoms with van der Waals surface area (Å²) in [7, 11) is 5.35. The maximum Gasteiger partial charge on any atom is 0.416 e. The molecule has 0 bridgehead atoms. The Kier molecular flexibility index (Phi) is 25.2. The molecule has 3 aliphatic heterocycles. The minimum Gasteiger partial charge on any atom is -0.446 e. The lowest BCUT2D eigenvalue weighted by Crippen LogP contribution is -2.50. The Morgan fingerprint density at radius 1 is 0.653 bits per heavy atom. The Bertz CT molecular complexity index is 3740. The number of para-hydroxylation sites is 1. The van der Waals surface area contributed by atoms with Gasteiger partial charge in [0.25, 0.3) is 11.8 Å². The summed E-state index contributed by atoms with van der Waals surface area (Å²) in [5.74, 6) is -1.77. The van der Waals surface area contributed by atoms with Crippen LogP contribution >= 0.6 is 0 Å². The van der Waals surface area contributed by atoms with E-state index in [4.69, 9.17) is 14.2 Å². The summed E-state index contributed by atoms with van der Waals surface area (Å²) in [5, 5.41) is 2.94. The highest BCUT2D eigenvalue weighted by Crippen LogP contribution is 2.49. The highest BCUT2D eigenvalue weighted by atomic mass is 19.4. The van der Waals surface area contributed by atoms with Gasteiger partial charge in [0.15, 0.2) is 0 Å². The summed E-state index contributed by atoms with van der Waals surface area (Å²) < 4.78 is 116. The molecule has 23 heteroatoms. The molecule has 6 aromatic rings. The molecule has 1 aliphatic carbocycles. The molecular formula is C78H93F7N8O8. The molecule has 3 fully saturated rings. The molecule has 101 heavy (non-hydrogen) atoms. The van der Waals surface area contributed by atoms with Crippen molar-refractivity contribution in [2.45, 2.75) is 133 Å². The first kappa shape index (κ1) is 75.4. The average Bonchev–Trinajstić information content (AvgIpc) is 1.60. The van der Waals surface area contributed by atoms with E-state index in [-0.39, 0.29) is 61.6 Å². The summed E-state index contributed by atoms with van der Waals surface area (Å²) in [5.41, 5.74) is 1.44. The van der Waals surface area contributed by atoms with Gasteiger partial charge in [0.2, 0.25) is 11.8 Å². The Hall–Kier alpha value is -8.22. The minimum absolute atomic E-state index is 0.0266. The van der Waals surface area contributed by atoms with Gasteiger partial charge in [0, 0.05) is 108 Å². The number of likely N-dealkylation sites (tertiary alicyclic amines) is 2. The van der Waals surface area contributed by atoms with Crippen molar-refractivity contribution in [1.82, 2.24) is 34.3 Å². The number of hydrogen-bond donors (Lipinski definition) is 1. The van der Waals surface area contributed by atoms with Gasteiger partial charge in [0.05, 0.1) is 29.5 Å². The zero-order valence-electron chi connectivity index (χ0n) is 58.3. The molecule has 4 aliphatic rings. The largest absolute Gasteiger partial charge is 0.446 e. The molecule has 6 aromatic carbocycles. The highest BCUT2D eigenvalue weighted by molar-refractivity contribution is 5.95. The van der Waals surface area contributed by atoms with Crippen LogP contribution in [-0.2, 0) is 60.1 Å². The number of fused-ring (bicyclic) bond motifs is 2. The SMILES string of the molecule is CC(C)N(CCCCCC(=O)N(C)CCN1CCC(OC(=O)Nc2ccccc2-c2ccccc2)CC1)Cc1ccc(C(=O)N(C)CCCN(C)C(=O)CO[C@H]2Cc3ccccc3C23CCN(CC[C@@]2(c4ccc(F)cc4)CN(C(=O)c4cc(C(F)(F)F)cc(C(F)(F)F)c4)CO2)CC3)cc1. The van der Waals surface area contributed by atoms with Crippen molar-refractivity contribution in [3.05, 3.63) is 196 Å². The maximum absolute atomic E-state index is 14.3. The molecule has 10 rings (SSSR count). The van der Waals surface area contributed by atoms with Gasteiger partial charge in [-0.15, -0.1) is 0 Å². The average molecular weight is 1400 g/mol. The predicted molar refractivity (Wildman–Crippen MR) is 372 cm³/mol. The summed E-state index contributed by atoms with van der Waals surface area (Å²) >= 11 is 0. The van der Waals surface area contributed by atoms with Crippen LogP contribution in [0.2, 0.25) is 0 Å². The van der Waals surface area contributed by atoms with Gasteiger partial charge < -0.3 is 43.6 Å². The zero-order chi connectivity index (χ0) is 72.1. The number of unbranched alkanes of at least 4 members (excludes halogenated alkanes) is 2. The molecule has 0 aromatic heterocycles. The molecule has 0 unspecified atom stereocenters. The number of nitrogens with one attached hydrogen (secondary N) is 1. The fourth-order valence-corrected chi connectivity index (χ4v) is 14.5. The van der Waals surface area contributed by atoms with Crippen LogP contribution in [0.5, 0.6) is 0 Å². The van der Waals surface area contributed by atoms with Gasteiger partial charge in [-0.1, -0.05) is 103 Å². The number of carbonyl (C=O) groups excluding carboxylic acids is 5. The molecule has 3 saturated heterocycles. The molecule has 0 radical (unpaired) electrons. The molecule has 3 heterocycles. The van der Waals surface area contributed by atoms with E-state index in [1.165, 1.54) is 29.8 Å². The highest BCUT2D eigenvalue weighted by Gasteiger charge is 2.50. The van der Waals surface area contributed by atoms with Gasteiger partial charge in [-0.25, -0.2) is 9.18 Å². The van der Waals surface area contributed by atoms with Crippen LogP contribution in [0.1, 0.15) is 132 Å². The fourth-order valence-electron chi connectivity index (χ4n) is 14.5. The van der Waals surface area contributed by atoms with Crippen molar-refractivity contribution >= 4 is 35.4 Å². The molecule has 542 valence electrons. The molecule has 1 N–H and O–H groups in total. The number of nitrogens with zero attached hydrogens (tertiary/aromatic N) is 7. The predicted octanol–water partition coefficient (Wildman–Crippen LogP) is 13.8. The second-order valence-corrected chi connectivity index (χ2v) is 27.7. The fraction of sp³-hybridized carbons (Fsp3) is 0.474. The molecule has 1 spiro atoms. The zero-order valence-corrected chi connectivity index (χ0v) is 58.3. The van der Waals surface area contributed by atoms with E-state index in [0.717, 1.165) is 92.0 Å². The lowest BCUT2D eigenvalue weighted by Gasteiger charge is -2.44. The van der Waals surface area contributed by atoms with Crippen molar-refractivity contribution in [3.8, 4) is 11.1 Å². The molecule has 5 amide bonds. The van der Waals surface area contributed by atoms with Crippen molar-refractivity contribution < 1.29 is 68.9 Å². The number of likely N-dealkylation sites (N-methyl/N-ethyl adjacent to an activating group) is 2. The molecule has 2 atom stereocenters. The van der Waals surface area contributed by atoms with E-state index < -0.39 is 64.6 Å². The third kappa shape index (κ3) is 19.5. The second kappa shape index (κ2) is 33.7. The number of amides is 5. The van der Waals surface area contributed by atoms with Crippen LogP contribution in [0.3, 0.4) is 0 Å². The van der Waals surface area contributed by atoms with E-state index in [1.54, 1.807) is 23.9 Å². The molecule has 16 nitrogen and oxygen atoms in total. The number of anilines is 1. The number of carbonyl (C=O) groups is 5. The lowest BCUT2D eigenvalue weighted by atomic mass is 9.72. The van der Waals surface area contributed by atoms with Gasteiger partial charge in [-0.3, -0.25) is 29.4 Å². The second-order valence-electron chi connectivity index (χ2n) is 27.7. The van der Waals surface area contributed by atoms with Crippen LogP contribution < -0.4 is 5.32 Å². The van der Waals surface area contributed by atoms with Crippen molar-refractivity contribution in [3.63, 3.8) is 0 Å². The van der Waals surface area contributed by atoms with Crippen molar-refractivity contribution in [2.24, 2.45) is 0 Å². The number of rotatable bonds is 28. The monoisotopic (exact) mass is 1400 g/mol. The minimum atomic E-state index is -5.15. The van der Waals surface area contributed by atoms with Crippen molar-refractivity contribution in [1.29, 1.82) is 0 Å². The summed E-state index contributed by atoms with van der Waals surface area (Å²) in [6.45, 7) is 10.6. The first-order chi connectivity index (χ1) is 48.3. The normalized spacial score (nSPS) is 18.1. The van der Waals surface area contributed by atoms with Gasteiger partial charge >= 0.3 is 18.4 Å². The molecular weight excluding hydrogens is 1310 g/mol. The third-order valence-electron chi connectivity index (χ3n) is 20.6. The first-order valence-electron chi connectivity index (χ1n) is 35.1. The Morgan fingerprint density at radius 3 is 1.97 bits per heavy atom. The van der Waals surface area contributed by atoms with Crippen LogP contribution in [0.4, 0.5) is 41.2 Å². The maximum atomic E-state index is 14.3. The van der Waals surface area contributed by atoms with Crippen LogP contribution in [-0.4, -0.2) is 189 Å². The quantitative estimate of drug-likeness (QED) is 0.0370. The van der Waals surface area contributed by atoms with Crippen molar-refractivity contribution in [2.75, 3.05) is 112 Å². The Morgan fingerprint density at radius 2 is 1.29 bits per heavy atom. The van der Waals surface area contributed by atoms with Crippen LogP contribution in [0, 0.1) is 5.82 Å². The number of ether oxygens (including phenoxy) is 3. The van der Waals surface area contributed by atoms with Crippen LogP contribution in [0.25, 0.3) is 11.1 Å². The number of hydrogen-bond acceptors (Lipinski definition) is 11. The summed E-state index contributed by atoms with van der Waals surface area (Å²) in [6, 6.07) is 40.0. The topological polar surface area (TPSA) is 148 Å². The van der Waals surface area contributed by atoms with E-state index in [9.17, 15) is 54.7 Å².